The Hall–Kier alpha value is -0.610. The average molecular weight is 287 g/mol. The monoisotopic (exact) mass is 287 g/mol. The van der Waals surface area contributed by atoms with Crippen molar-refractivity contribution < 1.29 is 14.3 Å². The molecule has 0 heterocycles. The van der Waals surface area contributed by atoms with Crippen molar-refractivity contribution in [2.75, 3.05) is 26.4 Å². The third-order valence-corrected chi connectivity index (χ3v) is 3.39. The number of carbonyl (C=O) groups is 1. The van der Waals surface area contributed by atoms with Crippen molar-refractivity contribution >= 4 is 5.97 Å². The molecule has 120 valence electrons. The minimum atomic E-state index is -0.335. The van der Waals surface area contributed by atoms with Crippen molar-refractivity contribution in [1.82, 2.24) is 5.32 Å². The zero-order valence-corrected chi connectivity index (χ0v) is 13.7. The van der Waals surface area contributed by atoms with Crippen LogP contribution in [0.3, 0.4) is 0 Å². The lowest BCUT2D eigenvalue weighted by Crippen LogP contribution is -2.42. The van der Waals surface area contributed by atoms with Crippen LogP contribution in [0.25, 0.3) is 0 Å². The number of hydrogen-bond donors (Lipinski definition) is 1. The Morgan fingerprint density at radius 2 is 1.85 bits per heavy atom. The van der Waals surface area contributed by atoms with Crippen LogP contribution in [-0.4, -0.2) is 38.4 Å². The van der Waals surface area contributed by atoms with Gasteiger partial charge in [-0.15, -0.1) is 0 Å². The summed E-state index contributed by atoms with van der Waals surface area (Å²) in [5.74, 6) is 0.395. The molecule has 0 radical (unpaired) electrons. The molecule has 0 bridgehead atoms. The Morgan fingerprint density at radius 3 is 2.40 bits per heavy atom. The normalized spacial score (nSPS) is 14.0. The first-order chi connectivity index (χ1) is 9.69. The van der Waals surface area contributed by atoms with Gasteiger partial charge in [0.2, 0.25) is 0 Å². The molecule has 1 N–H and O–H groups in total. The van der Waals surface area contributed by atoms with E-state index in [4.69, 9.17) is 9.47 Å². The van der Waals surface area contributed by atoms with E-state index in [2.05, 4.69) is 26.1 Å². The SMILES string of the molecule is CCCCC(CC)COCC(NCCC)C(=O)OCC. The van der Waals surface area contributed by atoms with Gasteiger partial charge in [-0.2, -0.15) is 0 Å². The Balaban J connectivity index is 4.06. The molecule has 2 atom stereocenters. The van der Waals surface area contributed by atoms with Gasteiger partial charge in [-0.1, -0.05) is 40.0 Å². The molecule has 0 fully saturated rings. The van der Waals surface area contributed by atoms with Crippen LogP contribution in [0.1, 0.15) is 59.8 Å². The van der Waals surface area contributed by atoms with Gasteiger partial charge in [0, 0.05) is 6.61 Å². The molecule has 0 spiro atoms. The summed E-state index contributed by atoms with van der Waals surface area (Å²) < 4.78 is 10.8. The van der Waals surface area contributed by atoms with E-state index in [0.717, 1.165) is 26.0 Å². The topological polar surface area (TPSA) is 47.6 Å². The van der Waals surface area contributed by atoms with Gasteiger partial charge in [-0.05, 0) is 32.2 Å². The van der Waals surface area contributed by atoms with Crippen molar-refractivity contribution in [2.45, 2.75) is 65.8 Å². The zero-order chi connectivity index (χ0) is 15.2. The molecule has 0 aromatic rings. The van der Waals surface area contributed by atoms with E-state index in [1.165, 1.54) is 19.3 Å². The maximum atomic E-state index is 11.8. The number of ether oxygens (including phenoxy) is 2. The molecule has 0 aliphatic carbocycles. The van der Waals surface area contributed by atoms with Crippen molar-refractivity contribution in [3.05, 3.63) is 0 Å². The highest BCUT2D eigenvalue weighted by Crippen LogP contribution is 2.13. The molecule has 2 unspecified atom stereocenters. The molecule has 0 aromatic heterocycles. The smallest absolute Gasteiger partial charge is 0.325 e. The second-order valence-corrected chi connectivity index (χ2v) is 5.21. The second kappa shape index (κ2) is 13.4. The summed E-state index contributed by atoms with van der Waals surface area (Å²) >= 11 is 0. The Bertz CT molecular complexity index is 234. The third kappa shape index (κ3) is 9.32. The predicted molar refractivity (Wildman–Crippen MR) is 82.8 cm³/mol. The summed E-state index contributed by atoms with van der Waals surface area (Å²) in [5.41, 5.74) is 0. The highest BCUT2D eigenvalue weighted by atomic mass is 16.5. The molecule has 4 heteroatoms. The molecule has 0 aliphatic heterocycles. The summed E-state index contributed by atoms with van der Waals surface area (Å²) in [7, 11) is 0. The van der Waals surface area contributed by atoms with Crippen LogP contribution in [0.15, 0.2) is 0 Å². The molecular weight excluding hydrogens is 254 g/mol. The van der Waals surface area contributed by atoms with E-state index < -0.39 is 0 Å². The lowest BCUT2D eigenvalue weighted by atomic mass is 10.0. The van der Waals surface area contributed by atoms with Gasteiger partial charge in [0.25, 0.3) is 0 Å². The fourth-order valence-corrected chi connectivity index (χ4v) is 2.02. The lowest BCUT2D eigenvalue weighted by molar-refractivity contribution is -0.147. The lowest BCUT2D eigenvalue weighted by Gasteiger charge is -2.19. The van der Waals surface area contributed by atoms with E-state index in [1.54, 1.807) is 0 Å². The first-order valence-corrected chi connectivity index (χ1v) is 8.17. The third-order valence-electron chi connectivity index (χ3n) is 3.39. The predicted octanol–water partition coefficient (Wildman–Crippen LogP) is 3.15. The molecule has 0 aliphatic rings. The molecule has 0 saturated heterocycles. The molecule has 20 heavy (non-hydrogen) atoms. The molecule has 0 saturated carbocycles. The first kappa shape index (κ1) is 19.4. The molecule has 0 amide bonds. The van der Waals surface area contributed by atoms with Crippen LogP contribution in [-0.2, 0) is 14.3 Å². The zero-order valence-electron chi connectivity index (χ0n) is 13.7. The number of rotatable bonds is 13. The number of nitrogens with one attached hydrogen (secondary N) is 1. The maximum Gasteiger partial charge on any atom is 0.325 e. The molecule has 4 nitrogen and oxygen atoms in total. The summed E-state index contributed by atoms with van der Waals surface area (Å²) in [5, 5.41) is 3.19. The highest BCUT2D eigenvalue weighted by molar-refractivity contribution is 5.75. The largest absolute Gasteiger partial charge is 0.465 e. The number of carbonyl (C=O) groups excluding carboxylic acids is 1. The van der Waals surface area contributed by atoms with E-state index in [-0.39, 0.29) is 12.0 Å². The van der Waals surface area contributed by atoms with Gasteiger partial charge >= 0.3 is 5.97 Å². The highest BCUT2D eigenvalue weighted by Gasteiger charge is 2.19. The van der Waals surface area contributed by atoms with Gasteiger partial charge < -0.3 is 14.8 Å². The van der Waals surface area contributed by atoms with Crippen LogP contribution in [0.2, 0.25) is 0 Å². The van der Waals surface area contributed by atoms with E-state index in [0.29, 0.717) is 19.1 Å². The van der Waals surface area contributed by atoms with Crippen molar-refractivity contribution in [3.8, 4) is 0 Å². The fourth-order valence-electron chi connectivity index (χ4n) is 2.02. The Morgan fingerprint density at radius 1 is 1.10 bits per heavy atom. The molecular formula is C16H33NO3. The number of hydrogen-bond acceptors (Lipinski definition) is 4. The summed E-state index contributed by atoms with van der Waals surface area (Å²) in [4.78, 5) is 11.8. The first-order valence-electron chi connectivity index (χ1n) is 8.17. The van der Waals surface area contributed by atoms with Gasteiger partial charge in [0.15, 0.2) is 0 Å². The summed E-state index contributed by atoms with van der Waals surface area (Å²) in [6.45, 7) is 10.7. The summed E-state index contributed by atoms with van der Waals surface area (Å²) in [6, 6.07) is -0.335. The fraction of sp³-hybridized carbons (Fsp3) is 0.938. The van der Waals surface area contributed by atoms with Crippen LogP contribution in [0.5, 0.6) is 0 Å². The van der Waals surface area contributed by atoms with Gasteiger partial charge in [0.05, 0.1) is 13.2 Å². The van der Waals surface area contributed by atoms with Crippen LogP contribution in [0.4, 0.5) is 0 Å². The summed E-state index contributed by atoms with van der Waals surface area (Å²) in [6.07, 6.45) is 5.80. The standard InChI is InChI=1S/C16H33NO3/c1-5-9-10-14(7-3)12-19-13-15(17-11-6-2)16(18)20-8-4/h14-15,17H,5-13H2,1-4H3. The number of unbranched alkanes of at least 4 members (excludes halogenated alkanes) is 1. The number of esters is 1. The van der Waals surface area contributed by atoms with Crippen LogP contribution >= 0.6 is 0 Å². The maximum absolute atomic E-state index is 11.8. The van der Waals surface area contributed by atoms with E-state index >= 15 is 0 Å². The van der Waals surface area contributed by atoms with Crippen molar-refractivity contribution in [1.29, 1.82) is 0 Å². The minimum Gasteiger partial charge on any atom is -0.465 e. The van der Waals surface area contributed by atoms with E-state index in [1.807, 2.05) is 6.92 Å². The Labute approximate surface area is 124 Å². The Kier molecular flexibility index (Phi) is 13.0. The molecule has 0 aromatic carbocycles. The van der Waals surface area contributed by atoms with Gasteiger partial charge in [-0.3, -0.25) is 4.79 Å². The minimum absolute atomic E-state index is 0.206. The quantitative estimate of drug-likeness (QED) is 0.529. The van der Waals surface area contributed by atoms with Gasteiger partial charge in [0.1, 0.15) is 6.04 Å². The van der Waals surface area contributed by atoms with E-state index in [9.17, 15) is 4.79 Å². The van der Waals surface area contributed by atoms with Gasteiger partial charge in [-0.25, -0.2) is 0 Å². The van der Waals surface area contributed by atoms with Crippen LogP contribution in [0, 0.1) is 5.92 Å². The van der Waals surface area contributed by atoms with Crippen LogP contribution < -0.4 is 5.32 Å². The van der Waals surface area contributed by atoms with Crippen molar-refractivity contribution in [3.63, 3.8) is 0 Å². The molecule has 0 rings (SSSR count). The second-order valence-electron chi connectivity index (χ2n) is 5.21. The average Bonchev–Trinajstić information content (AvgIpc) is 2.46. The van der Waals surface area contributed by atoms with Crippen molar-refractivity contribution in [2.24, 2.45) is 5.92 Å².